The summed E-state index contributed by atoms with van der Waals surface area (Å²) in [5, 5.41) is 6.59. The Kier molecular flexibility index (Phi) is 5.69. The zero-order chi connectivity index (χ0) is 18.7. The molecule has 1 atom stereocenters. The van der Waals surface area contributed by atoms with Gasteiger partial charge in [0.2, 0.25) is 5.91 Å². The maximum absolute atomic E-state index is 12.1. The van der Waals surface area contributed by atoms with Crippen molar-refractivity contribution in [3.63, 3.8) is 0 Å². The number of benzene rings is 2. The van der Waals surface area contributed by atoms with E-state index in [1.807, 2.05) is 19.1 Å². The number of rotatable bonds is 5. The number of fused-ring (bicyclic) bond motifs is 1. The molecule has 0 aromatic heterocycles. The molecule has 2 amide bonds. The van der Waals surface area contributed by atoms with Gasteiger partial charge in [-0.05, 0) is 54.8 Å². The monoisotopic (exact) mass is 392 g/mol. The van der Waals surface area contributed by atoms with Crippen LogP contribution in [0.2, 0.25) is 10.0 Å². The molecule has 7 heteroatoms. The third-order valence-corrected chi connectivity index (χ3v) is 4.90. The second-order valence-corrected chi connectivity index (χ2v) is 6.93. The fourth-order valence-corrected chi connectivity index (χ4v) is 3.05. The molecule has 2 aromatic carbocycles. The van der Waals surface area contributed by atoms with E-state index in [1.54, 1.807) is 24.3 Å². The van der Waals surface area contributed by atoms with Gasteiger partial charge in [-0.15, -0.1) is 0 Å². The third-order valence-electron chi connectivity index (χ3n) is 4.16. The summed E-state index contributed by atoms with van der Waals surface area (Å²) < 4.78 is 5.57. The molecule has 2 aromatic rings. The first-order valence-corrected chi connectivity index (χ1v) is 8.98. The number of carbonyl (C=O) groups is 2. The molecule has 0 aliphatic carbocycles. The van der Waals surface area contributed by atoms with E-state index in [9.17, 15) is 9.59 Å². The average molecular weight is 393 g/mol. The van der Waals surface area contributed by atoms with Crippen molar-refractivity contribution in [1.29, 1.82) is 0 Å². The Morgan fingerprint density at radius 3 is 2.77 bits per heavy atom. The molecule has 136 valence electrons. The van der Waals surface area contributed by atoms with Gasteiger partial charge in [-0.25, -0.2) is 0 Å². The summed E-state index contributed by atoms with van der Waals surface area (Å²) in [4.78, 5) is 23.5. The summed E-state index contributed by atoms with van der Waals surface area (Å²) in [7, 11) is 0. The topological polar surface area (TPSA) is 67.4 Å². The van der Waals surface area contributed by atoms with Gasteiger partial charge in [0, 0.05) is 12.1 Å². The molecule has 0 radical (unpaired) electrons. The minimum absolute atomic E-state index is 0.0156. The molecule has 1 unspecified atom stereocenters. The van der Waals surface area contributed by atoms with Crippen molar-refractivity contribution < 1.29 is 14.3 Å². The summed E-state index contributed by atoms with van der Waals surface area (Å²) >= 11 is 11.9. The van der Waals surface area contributed by atoms with E-state index in [1.165, 1.54) is 0 Å². The van der Waals surface area contributed by atoms with Gasteiger partial charge in [0.15, 0.2) is 6.61 Å². The molecule has 3 rings (SSSR count). The van der Waals surface area contributed by atoms with Crippen LogP contribution < -0.4 is 15.4 Å². The number of ether oxygens (including phenoxy) is 1. The molecule has 0 saturated heterocycles. The first kappa shape index (κ1) is 18.5. The Morgan fingerprint density at radius 2 is 2.00 bits per heavy atom. The summed E-state index contributed by atoms with van der Waals surface area (Å²) in [6.45, 7) is 1.76. The standard InChI is InChI=1S/C19H18Cl2N2O3/c1-11(12-2-5-15(20)16(21)9-12)22-19(25)10-26-14-4-6-17-13(8-14)3-7-18(24)23-17/h2,4-6,8-9,11H,3,7,10H2,1H3,(H,22,25)(H,23,24). The van der Waals surface area contributed by atoms with E-state index in [0.29, 0.717) is 28.6 Å². The lowest BCUT2D eigenvalue weighted by molar-refractivity contribution is -0.123. The van der Waals surface area contributed by atoms with Crippen LogP contribution in [0.1, 0.15) is 30.5 Å². The zero-order valence-electron chi connectivity index (χ0n) is 14.1. The van der Waals surface area contributed by atoms with Crippen molar-refractivity contribution in [2.24, 2.45) is 0 Å². The van der Waals surface area contributed by atoms with Crippen molar-refractivity contribution in [3.05, 3.63) is 57.6 Å². The summed E-state index contributed by atoms with van der Waals surface area (Å²) in [5.41, 5.74) is 2.66. The van der Waals surface area contributed by atoms with Crippen LogP contribution in [0, 0.1) is 0 Å². The molecule has 1 aliphatic rings. The summed E-state index contributed by atoms with van der Waals surface area (Å²) in [6.07, 6.45) is 1.12. The Hall–Kier alpha value is -2.24. The number of hydrogen-bond donors (Lipinski definition) is 2. The Labute approximate surface area is 161 Å². The quantitative estimate of drug-likeness (QED) is 0.803. The second-order valence-electron chi connectivity index (χ2n) is 6.12. The fraction of sp³-hybridized carbons (Fsp3) is 0.263. The van der Waals surface area contributed by atoms with Crippen molar-refractivity contribution >= 4 is 40.7 Å². The molecule has 0 spiro atoms. The summed E-state index contributed by atoms with van der Waals surface area (Å²) in [6, 6.07) is 10.4. The van der Waals surface area contributed by atoms with E-state index < -0.39 is 0 Å². The van der Waals surface area contributed by atoms with Gasteiger partial charge in [-0.3, -0.25) is 9.59 Å². The van der Waals surface area contributed by atoms with Crippen LogP contribution in [0.15, 0.2) is 36.4 Å². The average Bonchev–Trinajstić information content (AvgIpc) is 2.62. The SMILES string of the molecule is CC(NC(=O)COc1ccc2c(c1)CCC(=O)N2)c1ccc(Cl)c(Cl)c1. The van der Waals surface area contributed by atoms with Gasteiger partial charge < -0.3 is 15.4 Å². The fourth-order valence-electron chi connectivity index (χ4n) is 2.75. The van der Waals surface area contributed by atoms with Crippen molar-refractivity contribution in [1.82, 2.24) is 5.32 Å². The maximum Gasteiger partial charge on any atom is 0.258 e. The van der Waals surface area contributed by atoms with Gasteiger partial charge in [0.1, 0.15) is 5.75 Å². The Morgan fingerprint density at radius 1 is 1.19 bits per heavy atom. The molecule has 1 aliphatic heterocycles. The normalized spacial score (nSPS) is 14.2. The number of nitrogens with one attached hydrogen (secondary N) is 2. The molecule has 0 bridgehead atoms. The van der Waals surface area contributed by atoms with Crippen molar-refractivity contribution in [3.8, 4) is 5.75 Å². The second kappa shape index (κ2) is 7.98. The first-order valence-electron chi connectivity index (χ1n) is 8.22. The zero-order valence-corrected chi connectivity index (χ0v) is 15.7. The van der Waals surface area contributed by atoms with E-state index >= 15 is 0 Å². The molecular weight excluding hydrogens is 375 g/mol. The minimum Gasteiger partial charge on any atom is -0.484 e. The highest BCUT2D eigenvalue weighted by atomic mass is 35.5. The van der Waals surface area contributed by atoms with Crippen LogP contribution in [0.25, 0.3) is 0 Å². The number of amides is 2. The molecule has 0 saturated carbocycles. The number of halogens is 2. The maximum atomic E-state index is 12.1. The van der Waals surface area contributed by atoms with Crippen LogP contribution >= 0.6 is 23.2 Å². The third kappa shape index (κ3) is 4.48. The smallest absolute Gasteiger partial charge is 0.258 e. The van der Waals surface area contributed by atoms with Gasteiger partial charge in [0.05, 0.1) is 16.1 Å². The van der Waals surface area contributed by atoms with Gasteiger partial charge >= 0.3 is 0 Å². The lowest BCUT2D eigenvalue weighted by Crippen LogP contribution is -2.31. The predicted molar refractivity (Wildman–Crippen MR) is 102 cm³/mol. The van der Waals surface area contributed by atoms with Crippen LogP contribution in [-0.4, -0.2) is 18.4 Å². The highest BCUT2D eigenvalue weighted by molar-refractivity contribution is 6.42. The van der Waals surface area contributed by atoms with Gasteiger partial charge in [-0.2, -0.15) is 0 Å². The number of hydrogen-bond acceptors (Lipinski definition) is 3. The van der Waals surface area contributed by atoms with Gasteiger partial charge in [0.25, 0.3) is 5.91 Å². The highest BCUT2D eigenvalue weighted by Crippen LogP contribution is 2.27. The number of carbonyl (C=O) groups excluding carboxylic acids is 2. The minimum atomic E-state index is -0.241. The molecular formula is C19H18Cl2N2O3. The van der Waals surface area contributed by atoms with E-state index in [-0.39, 0.29) is 24.5 Å². The first-order chi connectivity index (χ1) is 12.4. The Bertz CT molecular complexity index is 855. The van der Waals surface area contributed by atoms with Crippen molar-refractivity contribution in [2.45, 2.75) is 25.8 Å². The van der Waals surface area contributed by atoms with Crippen LogP contribution in [0.4, 0.5) is 5.69 Å². The number of aryl methyl sites for hydroxylation is 1. The molecule has 1 heterocycles. The van der Waals surface area contributed by atoms with E-state index in [0.717, 1.165) is 16.8 Å². The van der Waals surface area contributed by atoms with Crippen LogP contribution in [-0.2, 0) is 16.0 Å². The molecule has 5 nitrogen and oxygen atoms in total. The largest absolute Gasteiger partial charge is 0.484 e. The molecule has 0 fully saturated rings. The van der Waals surface area contributed by atoms with Crippen molar-refractivity contribution in [2.75, 3.05) is 11.9 Å². The lowest BCUT2D eigenvalue weighted by atomic mass is 10.0. The predicted octanol–water partition coefficient (Wildman–Crippen LogP) is 4.13. The van der Waals surface area contributed by atoms with Gasteiger partial charge in [-0.1, -0.05) is 29.3 Å². The number of anilines is 1. The van der Waals surface area contributed by atoms with Crippen LogP contribution in [0.5, 0.6) is 5.75 Å². The van der Waals surface area contributed by atoms with Crippen LogP contribution in [0.3, 0.4) is 0 Å². The highest BCUT2D eigenvalue weighted by Gasteiger charge is 2.16. The molecule has 26 heavy (non-hydrogen) atoms. The Balaban J connectivity index is 1.55. The summed E-state index contributed by atoms with van der Waals surface area (Å²) in [5.74, 6) is 0.369. The van der Waals surface area contributed by atoms with E-state index in [4.69, 9.17) is 27.9 Å². The van der Waals surface area contributed by atoms with E-state index in [2.05, 4.69) is 10.6 Å². The lowest BCUT2D eigenvalue weighted by Gasteiger charge is -2.18. The molecule has 2 N–H and O–H groups in total.